The van der Waals surface area contributed by atoms with E-state index in [0.29, 0.717) is 12.8 Å². The third-order valence-electron chi connectivity index (χ3n) is 5.04. The van der Waals surface area contributed by atoms with E-state index in [1.807, 2.05) is 0 Å². The predicted molar refractivity (Wildman–Crippen MR) is 92.7 cm³/mol. The number of esters is 1. The van der Waals surface area contributed by atoms with Crippen LogP contribution in [0.25, 0.3) is 0 Å². The second-order valence-electron chi connectivity index (χ2n) is 6.91. The van der Waals surface area contributed by atoms with Crippen LogP contribution in [-0.4, -0.2) is 41.7 Å². The smallest absolute Gasteiger partial charge is 0.308 e. The Bertz CT molecular complexity index is 790. The summed E-state index contributed by atoms with van der Waals surface area (Å²) in [6.45, 7) is -0.786. The molecular weight excluding hydrogens is 374 g/mol. The molecule has 0 spiro atoms. The number of anilines is 1. The van der Waals surface area contributed by atoms with Gasteiger partial charge < -0.3 is 10.1 Å². The summed E-state index contributed by atoms with van der Waals surface area (Å²) >= 11 is 0. The zero-order chi connectivity index (χ0) is 20.3. The summed E-state index contributed by atoms with van der Waals surface area (Å²) in [5, 5.41) is 2.10. The second-order valence-corrected chi connectivity index (χ2v) is 6.91. The topological polar surface area (TPSA) is 92.8 Å². The van der Waals surface area contributed by atoms with E-state index in [-0.39, 0.29) is 42.3 Å². The number of benzene rings is 1. The molecule has 1 aliphatic heterocycles. The van der Waals surface area contributed by atoms with Crippen molar-refractivity contribution in [3.05, 3.63) is 29.8 Å². The van der Waals surface area contributed by atoms with E-state index in [0.717, 1.165) is 35.9 Å². The molecule has 9 heteroatoms. The number of fused-ring (bicyclic) bond motifs is 1. The summed E-state index contributed by atoms with van der Waals surface area (Å²) in [5.74, 6) is -4.23. The molecule has 7 nitrogen and oxygen atoms in total. The van der Waals surface area contributed by atoms with E-state index < -0.39 is 30.1 Å². The summed E-state index contributed by atoms with van der Waals surface area (Å²) < 4.78 is 31.3. The second kappa shape index (κ2) is 8.45. The minimum atomic E-state index is -0.836. The number of imide groups is 1. The highest BCUT2D eigenvalue weighted by Gasteiger charge is 2.47. The first-order valence-corrected chi connectivity index (χ1v) is 9.12. The van der Waals surface area contributed by atoms with E-state index in [4.69, 9.17) is 4.74 Å². The van der Waals surface area contributed by atoms with E-state index in [1.54, 1.807) is 0 Å². The molecule has 1 N–H and O–H groups in total. The number of ether oxygens (including phenoxy) is 1. The van der Waals surface area contributed by atoms with Crippen LogP contribution in [0.3, 0.4) is 0 Å². The molecule has 1 saturated carbocycles. The Hall–Kier alpha value is -2.84. The standard InChI is InChI=1S/C19H20F2N2O5/c20-11-5-6-14(21)15(9-11)22-16(24)10-28-17(25)7-8-23-18(26)12-3-1-2-4-13(12)19(23)27/h5-6,9,12-13H,1-4,7-8,10H2,(H,22,24)/t12-,13-/m1/s1. The summed E-state index contributed by atoms with van der Waals surface area (Å²) in [7, 11) is 0. The van der Waals surface area contributed by atoms with Gasteiger partial charge in [0.2, 0.25) is 11.8 Å². The third-order valence-corrected chi connectivity index (χ3v) is 5.04. The average Bonchev–Trinajstić information content (AvgIpc) is 2.92. The molecule has 0 aromatic heterocycles. The van der Waals surface area contributed by atoms with Crippen molar-refractivity contribution < 1.29 is 32.7 Å². The first kappa shape index (κ1) is 19.9. The summed E-state index contributed by atoms with van der Waals surface area (Å²) in [6, 6.07) is 2.57. The van der Waals surface area contributed by atoms with Gasteiger partial charge in [-0.05, 0) is 25.0 Å². The Balaban J connectivity index is 1.44. The van der Waals surface area contributed by atoms with Gasteiger partial charge in [0.1, 0.15) is 11.6 Å². The molecule has 1 saturated heterocycles. The lowest BCUT2D eigenvalue weighted by Crippen LogP contribution is -2.33. The van der Waals surface area contributed by atoms with Gasteiger partial charge in [0.15, 0.2) is 6.61 Å². The lowest BCUT2D eigenvalue weighted by molar-refractivity contribution is -0.148. The average molecular weight is 394 g/mol. The fourth-order valence-electron chi connectivity index (χ4n) is 3.65. The minimum absolute atomic E-state index is 0.0936. The summed E-state index contributed by atoms with van der Waals surface area (Å²) in [6.07, 6.45) is 2.96. The van der Waals surface area contributed by atoms with Crippen LogP contribution in [0.1, 0.15) is 32.1 Å². The number of carbonyl (C=O) groups excluding carboxylic acids is 4. The lowest BCUT2D eigenvalue weighted by Gasteiger charge is -2.19. The van der Waals surface area contributed by atoms with Crippen molar-refractivity contribution in [3.63, 3.8) is 0 Å². The first-order valence-electron chi connectivity index (χ1n) is 9.12. The van der Waals surface area contributed by atoms with Gasteiger partial charge in [-0.2, -0.15) is 0 Å². The Labute approximate surface area is 160 Å². The Morgan fingerprint density at radius 1 is 1.11 bits per heavy atom. The van der Waals surface area contributed by atoms with Crippen LogP contribution in [0.5, 0.6) is 0 Å². The van der Waals surface area contributed by atoms with Gasteiger partial charge in [-0.3, -0.25) is 24.1 Å². The quantitative estimate of drug-likeness (QED) is 0.589. The number of rotatable bonds is 6. The van der Waals surface area contributed by atoms with E-state index in [9.17, 15) is 28.0 Å². The van der Waals surface area contributed by atoms with Gasteiger partial charge in [-0.1, -0.05) is 12.8 Å². The number of hydrogen-bond acceptors (Lipinski definition) is 5. The van der Waals surface area contributed by atoms with Crippen LogP contribution < -0.4 is 5.32 Å². The fraction of sp³-hybridized carbons (Fsp3) is 0.474. The van der Waals surface area contributed by atoms with Gasteiger partial charge in [-0.15, -0.1) is 0 Å². The van der Waals surface area contributed by atoms with Crippen molar-refractivity contribution >= 4 is 29.4 Å². The molecule has 2 aliphatic rings. The van der Waals surface area contributed by atoms with E-state index in [2.05, 4.69) is 5.32 Å². The largest absolute Gasteiger partial charge is 0.456 e. The molecule has 0 bridgehead atoms. The van der Waals surface area contributed by atoms with Gasteiger partial charge in [0.05, 0.1) is 23.9 Å². The van der Waals surface area contributed by atoms with Gasteiger partial charge in [0.25, 0.3) is 5.91 Å². The Morgan fingerprint density at radius 2 is 1.75 bits per heavy atom. The monoisotopic (exact) mass is 394 g/mol. The number of likely N-dealkylation sites (tertiary alicyclic amines) is 1. The Kier molecular flexibility index (Phi) is 6.01. The first-order chi connectivity index (χ1) is 13.4. The van der Waals surface area contributed by atoms with Crippen LogP contribution in [0.4, 0.5) is 14.5 Å². The number of nitrogens with one attached hydrogen (secondary N) is 1. The van der Waals surface area contributed by atoms with Crippen molar-refractivity contribution in [1.29, 1.82) is 0 Å². The van der Waals surface area contributed by atoms with Crippen molar-refractivity contribution in [2.75, 3.05) is 18.5 Å². The normalized spacial score (nSPS) is 21.4. The fourth-order valence-corrected chi connectivity index (χ4v) is 3.65. The molecule has 1 aromatic carbocycles. The van der Waals surface area contributed by atoms with Crippen LogP contribution in [-0.2, 0) is 23.9 Å². The van der Waals surface area contributed by atoms with Crippen LogP contribution in [0, 0.1) is 23.5 Å². The predicted octanol–water partition coefficient (Wildman–Crippen LogP) is 2.01. The zero-order valence-corrected chi connectivity index (χ0v) is 15.1. The minimum Gasteiger partial charge on any atom is -0.456 e. The number of hydrogen-bond donors (Lipinski definition) is 1. The molecule has 3 amide bonds. The van der Waals surface area contributed by atoms with Crippen LogP contribution in [0.2, 0.25) is 0 Å². The number of nitrogens with zero attached hydrogens (tertiary/aromatic N) is 1. The molecule has 3 rings (SSSR count). The van der Waals surface area contributed by atoms with Crippen molar-refractivity contribution in [2.24, 2.45) is 11.8 Å². The Morgan fingerprint density at radius 3 is 2.39 bits per heavy atom. The van der Waals surface area contributed by atoms with Gasteiger partial charge >= 0.3 is 5.97 Å². The van der Waals surface area contributed by atoms with Crippen LogP contribution >= 0.6 is 0 Å². The summed E-state index contributed by atoms with van der Waals surface area (Å²) in [5.41, 5.74) is -0.364. The molecule has 28 heavy (non-hydrogen) atoms. The van der Waals surface area contributed by atoms with Gasteiger partial charge in [0, 0.05) is 12.6 Å². The summed E-state index contributed by atoms with van der Waals surface area (Å²) in [4.78, 5) is 49.3. The van der Waals surface area contributed by atoms with Crippen molar-refractivity contribution in [3.8, 4) is 0 Å². The molecule has 0 unspecified atom stereocenters. The van der Waals surface area contributed by atoms with E-state index in [1.165, 1.54) is 0 Å². The highest BCUT2D eigenvalue weighted by atomic mass is 19.1. The zero-order valence-electron chi connectivity index (χ0n) is 15.1. The molecular formula is C19H20F2N2O5. The molecule has 1 heterocycles. The van der Waals surface area contributed by atoms with Crippen molar-refractivity contribution in [2.45, 2.75) is 32.1 Å². The molecule has 2 atom stereocenters. The maximum Gasteiger partial charge on any atom is 0.308 e. The van der Waals surface area contributed by atoms with Crippen LogP contribution in [0.15, 0.2) is 18.2 Å². The molecule has 1 aliphatic carbocycles. The number of halogens is 2. The maximum atomic E-state index is 13.5. The lowest BCUT2D eigenvalue weighted by atomic mass is 9.81. The van der Waals surface area contributed by atoms with Crippen molar-refractivity contribution in [1.82, 2.24) is 4.90 Å². The van der Waals surface area contributed by atoms with E-state index >= 15 is 0 Å². The van der Waals surface area contributed by atoms with Gasteiger partial charge in [-0.25, -0.2) is 8.78 Å². The number of amides is 3. The third kappa shape index (κ3) is 4.35. The maximum absolute atomic E-state index is 13.5. The molecule has 2 fully saturated rings. The SMILES string of the molecule is O=C(COC(=O)CCN1C(=O)[C@@H]2CCCC[C@H]2C1=O)Nc1cc(F)ccc1F. The molecule has 1 aromatic rings. The number of carbonyl (C=O) groups is 4. The highest BCUT2D eigenvalue weighted by molar-refractivity contribution is 6.05. The molecule has 150 valence electrons. The highest BCUT2D eigenvalue weighted by Crippen LogP contribution is 2.37. The molecule has 0 radical (unpaired) electrons.